The van der Waals surface area contributed by atoms with E-state index < -0.39 is 5.82 Å². The standard InChI is InChI=1S/C11H8FN5O/c12-8-3-1-2-7-9(18)4-5-17(11(7)8)6-10-13-15-16-14-10/h1-5H,6H2,(H,13,14,15,16). The Balaban J connectivity index is 2.24. The van der Waals surface area contributed by atoms with Crippen molar-refractivity contribution in [3.63, 3.8) is 0 Å². The van der Waals surface area contributed by atoms with E-state index in [0.29, 0.717) is 11.2 Å². The lowest BCUT2D eigenvalue weighted by Crippen LogP contribution is -2.11. The smallest absolute Gasteiger partial charge is 0.194 e. The number of para-hydroxylation sites is 1. The number of nitrogens with zero attached hydrogens (tertiary/aromatic N) is 4. The van der Waals surface area contributed by atoms with Crippen molar-refractivity contribution < 1.29 is 4.39 Å². The summed E-state index contributed by atoms with van der Waals surface area (Å²) >= 11 is 0. The number of hydrogen-bond acceptors (Lipinski definition) is 4. The highest BCUT2D eigenvalue weighted by Crippen LogP contribution is 2.14. The maximum absolute atomic E-state index is 13.8. The molecule has 3 rings (SSSR count). The molecule has 0 amide bonds. The topological polar surface area (TPSA) is 76.5 Å². The fraction of sp³-hybridized carbons (Fsp3) is 0.0909. The highest BCUT2D eigenvalue weighted by Gasteiger charge is 2.09. The molecule has 1 aromatic carbocycles. The molecule has 0 fully saturated rings. The number of hydrogen-bond donors (Lipinski definition) is 1. The molecule has 3 aromatic rings. The van der Waals surface area contributed by atoms with Crippen molar-refractivity contribution in [2.24, 2.45) is 0 Å². The molecule has 7 heteroatoms. The molecule has 0 aliphatic carbocycles. The van der Waals surface area contributed by atoms with Crippen molar-refractivity contribution in [3.8, 4) is 0 Å². The van der Waals surface area contributed by atoms with Gasteiger partial charge in [0.25, 0.3) is 0 Å². The summed E-state index contributed by atoms with van der Waals surface area (Å²) in [6, 6.07) is 5.81. The number of halogens is 1. The number of aromatic nitrogens is 5. The quantitative estimate of drug-likeness (QED) is 0.721. The van der Waals surface area contributed by atoms with Gasteiger partial charge in [-0.25, -0.2) is 4.39 Å². The van der Waals surface area contributed by atoms with Crippen LogP contribution in [0.4, 0.5) is 4.39 Å². The Morgan fingerprint density at radius 3 is 3.00 bits per heavy atom. The molecule has 1 N–H and O–H groups in total. The lowest BCUT2D eigenvalue weighted by molar-refractivity contribution is 0.624. The zero-order valence-electron chi connectivity index (χ0n) is 9.17. The highest BCUT2D eigenvalue weighted by molar-refractivity contribution is 5.79. The monoisotopic (exact) mass is 245 g/mol. The first-order chi connectivity index (χ1) is 8.75. The Morgan fingerprint density at radius 1 is 1.33 bits per heavy atom. The first-order valence-electron chi connectivity index (χ1n) is 5.26. The van der Waals surface area contributed by atoms with E-state index in [0.717, 1.165) is 0 Å². The van der Waals surface area contributed by atoms with Gasteiger partial charge in [0.2, 0.25) is 0 Å². The molecule has 2 heterocycles. The molecule has 0 spiro atoms. The second kappa shape index (κ2) is 4.02. The number of benzene rings is 1. The number of pyridine rings is 1. The van der Waals surface area contributed by atoms with Gasteiger partial charge in [-0.3, -0.25) is 4.79 Å². The maximum atomic E-state index is 13.8. The van der Waals surface area contributed by atoms with Crippen molar-refractivity contribution in [2.45, 2.75) is 6.54 Å². The van der Waals surface area contributed by atoms with E-state index in [4.69, 9.17) is 0 Å². The number of tetrazole rings is 1. The highest BCUT2D eigenvalue weighted by atomic mass is 19.1. The molecular weight excluding hydrogens is 237 g/mol. The van der Waals surface area contributed by atoms with Crippen molar-refractivity contribution in [1.29, 1.82) is 0 Å². The maximum Gasteiger partial charge on any atom is 0.194 e. The van der Waals surface area contributed by atoms with Crippen LogP contribution < -0.4 is 5.43 Å². The van der Waals surface area contributed by atoms with Gasteiger partial charge < -0.3 is 4.57 Å². The molecule has 0 unspecified atom stereocenters. The molecule has 2 aromatic heterocycles. The number of H-pyrrole nitrogens is 1. The first-order valence-corrected chi connectivity index (χ1v) is 5.26. The van der Waals surface area contributed by atoms with Gasteiger partial charge in [-0.1, -0.05) is 11.3 Å². The van der Waals surface area contributed by atoms with E-state index in [-0.39, 0.29) is 17.5 Å². The molecule has 0 atom stereocenters. The van der Waals surface area contributed by atoms with Crippen molar-refractivity contribution in [1.82, 2.24) is 25.2 Å². The SMILES string of the molecule is O=c1ccn(Cc2nn[nH]n2)c2c(F)cccc12. The Bertz CT molecular complexity index is 750. The summed E-state index contributed by atoms with van der Waals surface area (Å²) in [5.41, 5.74) is 0.0312. The van der Waals surface area contributed by atoms with E-state index >= 15 is 0 Å². The van der Waals surface area contributed by atoms with Gasteiger partial charge in [0, 0.05) is 17.6 Å². The third kappa shape index (κ3) is 1.65. The van der Waals surface area contributed by atoms with Crippen LogP contribution in [0.15, 0.2) is 35.3 Å². The average molecular weight is 245 g/mol. The van der Waals surface area contributed by atoms with Crippen LogP contribution in [0.1, 0.15) is 5.82 Å². The zero-order valence-corrected chi connectivity index (χ0v) is 9.17. The summed E-state index contributed by atoms with van der Waals surface area (Å²) in [7, 11) is 0. The summed E-state index contributed by atoms with van der Waals surface area (Å²) in [5, 5.41) is 13.7. The molecule has 0 bridgehead atoms. The average Bonchev–Trinajstić information content (AvgIpc) is 2.86. The van der Waals surface area contributed by atoms with Crippen LogP contribution in [0.25, 0.3) is 10.9 Å². The van der Waals surface area contributed by atoms with Crippen LogP contribution in [0, 0.1) is 5.82 Å². The van der Waals surface area contributed by atoms with Crippen LogP contribution >= 0.6 is 0 Å². The summed E-state index contributed by atoms with van der Waals surface area (Å²) < 4.78 is 15.4. The molecule has 0 aliphatic rings. The zero-order chi connectivity index (χ0) is 12.5. The minimum absolute atomic E-state index is 0.214. The fourth-order valence-corrected chi connectivity index (χ4v) is 1.86. The molecule has 0 aliphatic heterocycles. The van der Waals surface area contributed by atoms with Gasteiger partial charge >= 0.3 is 0 Å². The predicted molar refractivity (Wildman–Crippen MR) is 61.4 cm³/mol. The van der Waals surface area contributed by atoms with E-state index in [9.17, 15) is 9.18 Å². The Labute approximate surface area is 100 Å². The molecular formula is C11H8FN5O. The van der Waals surface area contributed by atoms with Crippen LogP contribution in [0.2, 0.25) is 0 Å². The lowest BCUT2D eigenvalue weighted by atomic mass is 10.2. The third-order valence-electron chi connectivity index (χ3n) is 2.65. The van der Waals surface area contributed by atoms with Gasteiger partial charge in [0.05, 0.1) is 12.1 Å². The Hall–Kier alpha value is -2.57. The van der Waals surface area contributed by atoms with E-state index in [2.05, 4.69) is 20.6 Å². The van der Waals surface area contributed by atoms with Gasteiger partial charge in [0.1, 0.15) is 5.82 Å². The fourth-order valence-electron chi connectivity index (χ4n) is 1.86. The van der Waals surface area contributed by atoms with E-state index in [1.165, 1.54) is 24.4 Å². The third-order valence-corrected chi connectivity index (χ3v) is 2.65. The van der Waals surface area contributed by atoms with Gasteiger partial charge in [-0.05, 0) is 12.1 Å². The van der Waals surface area contributed by atoms with Gasteiger partial charge in [0.15, 0.2) is 11.3 Å². The van der Waals surface area contributed by atoms with Crippen LogP contribution in [-0.2, 0) is 6.54 Å². The van der Waals surface area contributed by atoms with Crippen molar-refractivity contribution in [3.05, 3.63) is 52.3 Å². The minimum atomic E-state index is -0.450. The molecule has 6 nitrogen and oxygen atoms in total. The summed E-state index contributed by atoms with van der Waals surface area (Å²) in [4.78, 5) is 11.7. The molecule has 0 radical (unpaired) electrons. The van der Waals surface area contributed by atoms with Crippen molar-refractivity contribution in [2.75, 3.05) is 0 Å². The molecule has 18 heavy (non-hydrogen) atoms. The van der Waals surface area contributed by atoms with E-state index in [1.807, 2.05) is 0 Å². The van der Waals surface area contributed by atoms with Crippen LogP contribution in [-0.4, -0.2) is 25.2 Å². The predicted octanol–water partition coefficient (Wildman–Crippen LogP) is 0.702. The largest absolute Gasteiger partial charge is 0.337 e. The number of rotatable bonds is 2. The molecule has 0 saturated carbocycles. The second-order valence-electron chi connectivity index (χ2n) is 3.77. The number of aromatic amines is 1. The van der Waals surface area contributed by atoms with Crippen LogP contribution in [0.3, 0.4) is 0 Å². The molecule has 0 saturated heterocycles. The second-order valence-corrected chi connectivity index (χ2v) is 3.77. The van der Waals surface area contributed by atoms with Crippen molar-refractivity contribution >= 4 is 10.9 Å². The van der Waals surface area contributed by atoms with Gasteiger partial charge in [-0.2, -0.15) is 5.21 Å². The summed E-state index contributed by atoms with van der Waals surface area (Å²) in [6.45, 7) is 0.244. The van der Waals surface area contributed by atoms with Crippen LogP contribution in [0.5, 0.6) is 0 Å². The summed E-state index contributed by atoms with van der Waals surface area (Å²) in [5.74, 6) is -0.0307. The number of nitrogens with one attached hydrogen (secondary N) is 1. The lowest BCUT2D eigenvalue weighted by Gasteiger charge is -2.08. The Morgan fingerprint density at radius 2 is 2.22 bits per heavy atom. The molecule has 90 valence electrons. The number of fused-ring (bicyclic) bond motifs is 1. The normalized spacial score (nSPS) is 10.9. The van der Waals surface area contributed by atoms with E-state index in [1.54, 1.807) is 10.6 Å². The Kier molecular flexibility index (Phi) is 2.36. The van der Waals surface area contributed by atoms with Gasteiger partial charge in [-0.15, -0.1) is 10.2 Å². The summed E-state index contributed by atoms with van der Waals surface area (Å²) in [6.07, 6.45) is 1.52. The minimum Gasteiger partial charge on any atom is -0.337 e. The first kappa shape index (κ1) is 10.6.